The molecule has 2 amide bonds. The third kappa shape index (κ3) is 3.11. The fourth-order valence-electron chi connectivity index (χ4n) is 3.09. The molecule has 1 aromatic heterocycles. The highest BCUT2D eigenvalue weighted by atomic mass is 32.1. The monoisotopic (exact) mass is 307 g/mol. The fourth-order valence-corrected chi connectivity index (χ4v) is 3.84. The minimum Gasteiger partial charge on any atom is -0.355 e. The lowest BCUT2D eigenvalue weighted by atomic mass is 10.1. The molecule has 3 rings (SSSR count). The highest BCUT2D eigenvalue weighted by molar-refractivity contribution is 7.07. The van der Waals surface area contributed by atoms with Crippen molar-refractivity contribution in [2.24, 2.45) is 5.92 Å². The first-order chi connectivity index (χ1) is 10.1. The molecule has 2 atom stereocenters. The van der Waals surface area contributed by atoms with Crippen LogP contribution in [0.15, 0.2) is 16.8 Å². The van der Waals surface area contributed by atoms with Crippen LogP contribution in [-0.4, -0.2) is 54.3 Å². The summed E-state index contributed by atoms with van der Waals surface area (Å²) in [6.45, 7) is 6.05. The van der Waals surface area contributed by atoms with Crippen LogP contribution < -0.4 is 5.32 Å². The van der Waals surface area contributed by atoms with Gasteiger partial charge in [0.25, 0.3) is 0 Å². The molecule has 3 heterocycles. The van der Waals surface area contributed by atoms with E-state index in [1.54, 1.807) is 11.3 Å². The second kappa shape index (κ2) is 6.15. The fraction of sp³-hybridized carbons (Fsp3) is 0.600. The average molecular weight is 307 g/mol. The van der Waals surface area contributed by atoms with Gasteiger partial charge >= 0.3 is 0 Å². The van der Waals surface area contributed by atoms with Gasteiger partial charge in [0.1, 0.15) is 0 Å². The molecule has 0 saturated carbocycles. The second-order valence-corrected chi connectivity index (χ2v) is 6.58. The number of amides is 2. The highest BCUT2D eigenvalue weighted by Gasteiger charge is 2.33. The van der Waals surface area contributed by atoms with E-state index in [-0.39, 0.29) is 17.7 Å². The molecule has 2 saturated heterocycles. The molecule has 21 heavy (non-hydrogen) atoms. The molecule has 2 aliphatic rings. The van der Waals surface area contributed by atoms with Crippen molar-refractivity contribution in [1.82, 2.24) is 15.1 Å². The van der Waals surface area contributed by atoms with Crippen LogP contribution in [0.1, 0.15) is 24.9 Å². The SMILES string of the molecule is CC(c1ccsc1)N1CCN(C(=O)C2CNC(=O)C2)CC1. The van der Waals surface area contributed by atoms with E-state index in [1.807, 2.05) is 4.90 Å². The third-order valence-electron chi connectivity index (χ3n) is 4.53. The summed E-state index contributed by atoms with van der Waals surface area (Å²) in [6, 6.07) is 2.58. The molecule has 0 spiro atoms. The Kier molecular flexibility index (Phi) is 4.26. The van der Waals surface area contributed by atoms with E-state index in [9.17, 15) is 9.59 Å². The molecule has 114 valence electrons. The molecule has 6 heteroatoms. The van der Waals surface area contributed by atoms with Gasteiger partial charge in [-0.3, -0.25) is 14.5 Å². The predicted molar refractivity (Wildman–Crippen MR) is 82.0 cm³/mol. The number of piperazine rings is 1. The predicted octanol–water partition coefficient (Wildman–Crippen LogP) is 1.09. The van der Waals surface area contributed by atoms with E-state index in [2.05, 4.69) is 34.0 Å². The molecule has 0 bridgehead atoms. The van der Waals surface area contributed by atoms with Crippen LogP contribution in [0.25, 0.3) is 0 Å². The molecule has 1 aromatic rings. The van der Waals surface area contributed by atoms with Crippen molar-refractivity contribution in [2.45, 2.75) is 19.4 Å². The van der Waals surface area contributed by atoms with Crippen molar-refractivity contribution in [3.63, 3.8) is 0 Å². The number of rotatable bonds is 3. The first-order valence-corrected chi connectivity index (χ1v) is 8.41. The van der Waals surface area contributed by atoms with Crippen LogP contribution in [0.4, 0.5) is 0 Å². The lowest BCUT2D eigenvalue weighted by Crippen LogP contribution is -2.51. The van der Waals surface area contributed by atoms with Crippen molar-refractivity contribution in [1.29, 1.82) is 0 Å². The Balaban J connectivity index is 1.53. The van der Waals surface area contributed by atoms with Crippen LogP contribution in [0.2, 0.25) is 0 Å². The van der Waals surface area contributed by atoms with Gasteiger partial charge in [-0.1, -0.05) is 0 Å². The van der Waals surface area contributed by atoms with E-state index < -0.39 is 0 Å². The van der Waals surface area contributed by atoms with Crippen LogP contribution in [0, 0.1) is 5.92 Å². The Hall–Kier alpha value is -1.40. The quantitative estimate of drug-likeness (QED) is 0.909. The zero-order valence-corrected chi connectivity index (χ0v) is 13.1. The van der Waals surface area contributed by atoms with Crippen molar-refractivity contribution >= 4 is 23.2 Å². The van der Waals surface area contributed by atoms with Crippen LogP contribution in [-0.2, 0) is 9.59 Å². The minimum absolute atomic E-state index is 0.00179. The number of hydrogen-bond acceptors (Lipinski definition) is 4. The molecule has 0 aliphatic carbocycles. The summed E-state index contributed by atoms with van der Waals surface area (Å²) >= 11 is 1.72. The van der Waals surface area contributed by atoms with Crippen LogP contribution in [0.5, 0.6) is 0 Å². The number of carbonyl (C=O) groups is 2. The molecular weight excluding hydrogens is 286 g/mol. The topological polar surface area (TPSA) is 52.6 Å². The maximum absolute atomic E-state index is 12.4. The molecule has 0 aromatic carbocycles. The van der Waals surface area contributed by atoms with E-state index in [1.165, 1.54) is 5.56 Å². The number of carbonyl (C=O) groups excluding carboxylic acids is 2. The molecular formula is C15H21N3O2S. The van der Waals surface area contributed by atoms with Gasteiger partial charge in [0.05, 0.1) is 5.92 Å². The summed E-state index contributed by atoms with van der Waals surface area (Å²) in [5.41, 5.74) is 1.35. The highest BCUT2D eigenvalue weighted by Crippen LogP contribution is 2.24. The Morgan fingerprint density at radius 3 is 2.71 bits per heavy atom. The van der Waals surface area contributed by atoms with Crippen LogP contribution in [0.3, 0.4) is 0 Å². The van der Waals surface area contributed by atoms with Crippen molar-refractivity contribution in [2.75, 3.05) is 32.7 Å². The normalized spacial score (nSPS) is 24.9. The molecule has 2 aliphatic heterocycles. The Bertz CT molecular complexity index is 509. The molecule has 1 N–H and O–H groups in total. The van der Waals surface area contributed by atoms with E-state index >= 15 is 0 Å². The van der Waals surface area contributed by atoms with E-state index in [4.69, 9.17) is 0 Å². The molecule has 5 nitrogen and oxygen atoms in total. The number of thiophene rings is 1. The van der Waals surface area contributed by atoms with Crippen molar-refractivity contribution < 1.29 is 9.59 Å². The summed E-state index contributed by atoms with van der Waals surface area (Å²) in [4.78, 5) is 27.9. The van der Waals surface area contributed by atoms with Gasteiger partial charge in [0.15, 0.2) is 0 Å². The summed E-state index contributed by atoms with van der Waals surface area (Å²) < 4.78 is 0. The Labute approximate surface area is 128 Å². The summed E-state index contributed by atoms with van der Waals surface area (Å²) in [7, 11) is 0. The average Bonchev–Trinajstić information content (AvgIpc) is 3.17. The largest absolute Gasteiger partial charge is 0.355 e. The smallest absolute Gasteiger partial charge is 0.228 e. The first kappa shape index (κ1) is 14.5. The maximum atomic E-state index is 12.4. The molecule has 2 fully saturated rings. The summed E-state index contributed by atoms with van der Waals surface area (Å²) in [5.74, 6) is -0.0207. The minimum atomic E-state index is -0.154. The second-order valence-electron chi connectivity index (χ2n) is 5.80. The number of hydrogen-bond donors (Lipinski definition) is 1. The van der Waals surface area contributed by atoms with Gasteiger partial charge in [-0.2, -0.15) is 11.3 Å². The standard InChI is InChI=1S/C15H21N3O2S/c1-11(12-2-7-21-10-12)17-3-5-18(6-4-17)15(20)13-8-14(19)16-9-13/h2,7,10-11,13H,3-6,8-9H2,1H3,(H,16,19). The van der Waals surface area contributed by atoms with Gasteiger partial charge in [0, 0.05) is 45.2 Å². The number of nitrogens with zero attached hydrogens (tertiary/aromatic N) is 2. The Morgan fingerprint density at radius 2 is 2.14 bits per heavy atom. The zero-order valence-electron chi connectivity index (χ0n) is 12.2. The van der Waals surface area contributed by atoms with Crippen LogP contribution >= 0.6 is 11.3 Å². The first-order valence-electron chi connectivity index (χ1n) is 7.47. The van der Waals surface area contributed by atoms with Gasteiger partial charge < -0.3 is 10.2 Å². The Morgan fingerprint density at radius 1 is 1.38 bits per heavy atom. The lowest BCUT2D eigenvalue weighted by molar-refractivity contribution is -0.137. The number of nitrogens with one attached hydrogen (secondary N) is 1. The van der Waals surface area contributed by atoms with Gasteiger partial charge in [-0.15, -0.1) is 0 Å². The van der Waals surface area contributed by atoms with Gasteiger partial charge in [-0.25, -0.2) is 0 Å². The van der Waals surface area contributed by atoms with Gasteiger partial charge in [-0.05, 0) is 29.3 Å². The summed E-state index contributed by atoms with van der Waals surface area (Å²) in [5, 5.41) is 7.04. The molecule has 2 unspecified atom stereocenters. The summed E-state index contributed by atoms with van der Waals surface area (Å²) in [6.07, 6.45) is 0.352. The van der Waals surface area contributed by atoms with Gasteiger partial charge in [0.2, 0.25) is 11.8 Å². The maximum Gasteiger partial charge on any atom is 0.228 e. The van der Waals surface area contributed by atoms with E-state index in [0.717, 1.165) is 26.2 Å². The molecule has 0 radical (unpaired) electrons. The zero-order chi connectivity index (χ0) is 14.8. The third-order valence-corrected chi connectivity index (χ3v) is 5.23. The lowest BCUT2D eigenvalue weighted by Gasteiger charge is -2.38. The van der Waals surface area contributed by atoms with Crippen molar-refractivity contribution in [3.8, 4) is 0 Å². The van der Waals surface area contributed by atoms with Crippen molar-refractivity contribution in [3.05, 3.63) is 22.4 Å². The van der Waals surface area contributed by atoms with E-state index in [0.29, 0.717) is 19.0 Å².